The standard InChI is InChI=1S/C21H29N5O3/c1-21(2,3)29-20(28)23-16-8-11-25(12-9-16)14-15-4-6-17(7-5-15)26-13-10-18(22)24-19(26)27/h4-7,10,13,16H,8-9,11-12,14H2,1-3H3,(H,23,28)(H2,22,24,27). The van der Waals surface area contributed by atoms with E-state index in [-0.39, 0.29) is 18.0 Å². The molecule has 156 valence electrons. The Morgan fingerprint density at radius 2 is 1.86 bits per heavy atom. The van der Waals surface area contributed by atoms with Crippen LogP contribution in [0.3, 0.4) is 0 Å². The normalized spacial score (nSPS) is 15.8. The average Bonchev–Trinajstić information content (AvgIpc) is 2.63. The van der Waals surface area contributed by atoms with E-state index in [2.05, 4.69) is 15.2 Å². The summed E-state index contributed by atoms with van der Waals surface area (Å²) in [6, 6.07) is 9.60. The van der Waals surface area contributed by atoms with Gasteiger partial charge in [0.2, 0.25) is 0 Å². The van der Waals surface area contributed by atoms with Gasteiger partial charge in [-0.2, -0.15) is 4.98 Å². The van der Waals surface area contributed by atoms with Gasteiger partial charge < -0.3 is 15.8 Å². The van der Waals surface area contributed by atoms with Crippen molar-refractivity contribution in [3.05, 3.63) is 52.6 Å². The predicted octanol–water partition coefficient (Wildman–Crippen LogP) is 2.30. The summed E-state index contributed by atoms with van der Waals surface area (Å²) in [4.78, 5) is 30.0. The molecule has 2 heterocycles. The van der Waals surface area contributed by atoms with Gasteiger partial charge in [0, 0.05) is 31.9 Å². The largest absolute Gasteiger partial charge is 0.444 e. The summed E-state index contributed by atoms with van der Waals surface area (Å²) in [6.07, 6.45) is 3.06. The highest BCUT2D eigenvalue weighted by Gasteiger charge is 2.23. The van der Waals surface area contributed by atoms with Crippen LogP contribution in [-0.2, 0) is 11.3 Å². The molecule has 3 N–H and O–H groups in total. The maximum atomic E-state index is 12.0. The maximum absolute atomic E-state index is 12.0. The molecular formula is C21H29N5O3. The van der Waals surface area contributed by atoms with Gasteiger partial charge in [-0.05, 0) is 57.4 Å². The minimum absolute atomic E-state index is 0.147. The molecule has 0 unspecified atom stereocenters. The minimum Gasteiger partial charge on any atom is -0.444 e. The molecule has 3 rings (SSSR count). The van der Waals surface area contributed by atoms with Crippen LogP contribution < -0.4 is 16.7 Å². The predicted molar refractivity (Wildman–Crippen MR) is 112 cm³/mol. The number of hydrogen-bond donors (Lipinski definition) is 2. The van der Waals surface area contributed by atoms with Crippen LogP contribution in [0.1, 0.15) is 39.2 Å². The van der Waals surface area contributed by atoms with Gasteiger partial charge in [0.15, 0.2) is 0 Å². The molecule has 1 aromatic heterocycles. The van der Waals surface area contributed by atoms with Gasteiger partial charge in [-0.1, -0.05) is 12.1 Å². The third-order valence-electron chi connectivity index (χ3n) is 4.75. The van der Waals surface area contributed by atoms with E-state index >= 15 is 0 Å². The summed E-state index contributed by atoms with van der Waals surface area (Å²) in [5.74, 6) is 0.215. The van der Waals surface area contributed by atoms with Crippen molar-refractivity contribution in [3.8, 4) is 5.69 Å². The molecule has 1 fully saturated rings. The minimum atomic E-state index is -0.482. The fourth-order valence-electron chi connectivity index (χ4n) is 3.34. The second-order valence-corrected chi connectivity index (χ2v) is 8.37. The van der Waals surface area contributed by atoms with Crippen molar-refractivity contribution in [1.82, 2.24) is 19.8 Å². The number of carbonyl (C=O) groups is 1. The van der Waals surface area contributed by atoms with Gasteiger partial charge in [0.25, 0.3) is 0 Å². The highest BCUT2D eigenvalue weighted by molar-refractivity contribution is 5.68. The van der Waals surface area contributed by atoms with Crippen LogP contribution in [0, 0.1) is 0 Å². The highest BCUT2D eigenvalue weighted by atomic mass is 16.6. The number of nitrogen functional groups attached to an aromatic ring is 1. The molecule has 8 heteroatoms. The first-order chi connectivity index (χ1) is 13.7. The van der Waals surface area contributed by atoms with E-state index in [1.807, 2.05) is 45.0 Å². The van der Waals surface area contributed by atoms with Crippen LogP contribution in [-0.4, -0.2) is 45.3 Å². The quantitative estimate of drug-likeness (QED) is 0.818. The molecule has 0 spiro atoms. The zero-order valence-corrected chi connectivity index (χ0v) is 17.2. The van der Waals surface area contributed by atoms with Gasteiger partial charge in [0.1, 0.15) is 11.4 Å². The summed E-state index contributed by atoms with van der Waals surface area (Å²) in [6.45, 7) is 8.23. The Hall–Kier alpha value is -2.87. The number of piperidine rings is 1. The Balaban J connectivity index is 1.50. The summed E-state index contributed by atoms with van der Waals surface area (Å²) < 4.78 is 6.79. The van der Waals surface area contributed by atoms with Crippen LogP contribution >= 0.6 is 0 Å². The molecule has 1 aromatic carbocycles. The second-order valence-electron chi connectivity index (χ2n) is 8.37. The number of amides is 1. The lowest BCUT2D eigenvalue weighted by Gasteiger charge is -2.32. The number of hydrogen-bond acceptors (Lipinski definition) is 6. The number of anilines is 1. The second kappa shape index (κ2) is 8.65. The lowest BCUT2D eigenvalue weighted by molar-refractivity contribution is 0.0477. The van der Waals surface area contributed by atoms with E-state index in [0.717, 1.165) is 38.2 Å². The average molecular weight is 399 g/mol. The molecule has 1 aliphatic rings. The molecule has 8 nitrogen and oxygen atoms in total. The smallest absolute Gasteiger partial charge is 0.407 e. The Labute approximate surface area is 170 Å². The van der Waals surface area contributed by atoms with Crippen molar-refractivity contribution in [3.63, 3.8) is 0 Å². The first-order valence-electron chi connectivity index (χ1n) is 9.86. The Kier molecular flexibility index (Phi) is 6.22. The molecule has 0 saturated carbocycles. The van der Waals surface area contributed by atoms with E-state index in [0.29, 0.717) is 0 Å². The van der Waals surface area contributed by atoms with E-state index in [1.165, 1.54) is 10.1 Å². The molecular weight excluding hydrogens is 370 g/mol. The number of carbonyl (C=O) groups excluding carboxylic acids is 1. The van der Waals surface area contributed by atoms with E-state index in [4.69, 9.17) is 10.5 Å². The maximum Gasteiger partial charge on any atom is 0.407 e. The molecule has 1 amide bonds. The van der Waals surface area contributed by atoms with Crippen molar-refractivity contribution >= 4 is 11.9 Å². The Morgan fingerprint density at radius 1 is 1.21 bits per heavy atom. The van der Waals surface area contributed by atoms with Gasteiger partial charge in [-0.25, -0.2) is 9.59 Å². The van der Waals surface area contributed by atoms with Crippen molar-refractivity contribution in [2.45, 2.75) is 51.8 Å². The SMILES string of the molecule is CC(C)(C)OC(=O)NC1CCN(Cc2ccc(-n3ccc(N)nc3=O)cc2)CC1. The van der Waals surface area contributed by atoms with Crippen molar-refractivity contribution in [2.75, 3.05) is 18.8 Å². The molecule has 2 aromatic rings. The topological polar surface area (TPSA) is 102 Å². The van der Waals surface area contributed by atoms with Crippen molar-refractivity contribution in [1.29, 1.82) is 0 Å². The zero-order chi connectivity index (χ0) is 21.0. The van der Waals surface area contributed by atoms with Crippen LogP contribution in [0.25, 0.3) is 5.69 Å². The number of benzene rings is 1. The summed E-state index contributed by atoms with van der Waals surface area (Å²) in [5, 5.41) is 2.96. The lowest BCUT2D eigenvalue weighted by atomic mass is 10.0. The Bertz CT molecular complexity index is 894. The fourth-order valence-corrected chi connectivity index (χ4v) is 3.34. The van der Waals surface area contributed by atoms with E-state index < -0.39 is 11.3 Å². The van der Waals surface area contributed by atoms with E-state index in [1.54, 1.807) is 12.3 Å². The van der Waals surface area contributed by atoms with Gasteiger partial charge >= 0.3 is 11.8 Å². The number of nitrogens with two attached hydrogens (primary N) is 1. The van der Waals surface area contributed by atoms with Crippen LogP contribution in [0.5, 0.6) is 0 Å². The van der Waals surface area contributed by atoms with Gasteiger partial charge in [-0.15, -0.1) is 0 Å². The summed E-state index contributed by atoms with van der Waals surface area (Å²) >= 11 is 0. The number of likely N-dealkylation sites (tertiary alicyclic amines) is 1. The van der Waals surface area contributed by atoms with Crippen molar-refractivity contribution < 1.29 is 9.53 Å². The number of rotatable bonds is 4. The molecule has 0 atom stereocenters. The lowest BCUT2D eigenvalue weighted by Crippen LogP contribution is -2.45. The first kappa shape index (κ1) is 20.9. The summed E-state index contributed by atoms with van der Waals surface area (Å²) in [5.41, 5.74) is 6.59. The van der Waals surface area contributed by atoms with Crippen LogP contribution in [0.15, 0.2) is 41.3 Å². The fraction of sp³-hybridized carbons (Fsp3) is 0.476. The first-order valence-corrected chi connectivity index (χ1v) is 9.86. The third-order valence-corrected chi connectivity index (χ3v) is 4.75. The molecule has 1 saturated heterocycles. The summed E-state index contributed by atoms with van der Waals surface area (Å²) in [7, 11) is 0. The number of aromatic nitrogens is 2. The van der Waals surface area contributed by atoms with Crippen molar-refractivity contribution in [2.24, 2.45) is 0 Å². The van der Waals surface area contributed by atoms with E-state index in [9.17, 15) is 9.59 Å². The molecule has 0 bridgehead atoms. The van der Waals surface area contributed by atoms with Crippen LogP contribution in [0.2, 0.25) is 0 Å². The van der Waals surface area contributed by atoms with Gasteiger partial charge in [-0.3, -0.25) is 9.47 Å². The molecule has 1 aliphatic heterocycles. The zero-order valence-electron chi connectivity index (χ0n) is 17.2. The van der Waals surface area contributed by atoms with Gasteiger partial charge in [0.05, 0.1) is 5.69 Å². The van der Waals surface area contributed by atoms with Crippen LogP contribution in [0.4, 0.5) is 10.6 Å². The number of nitrogens with one attached hydrogen (secondary N) is 1. The molecule has 0 radical (unpaired) electrons. The molecule has 29 heavy (non-hydrogen) atoms. The highest BCUT2D eigenvalue weighted by Crippen LogP contribution is 2.16. The monoisotopic (exact) mass is 399 g/mol. The third kappa shape index (κ3) is 6.05. The Morgan fingerprint density at radius 3 is 2.45 bits per heavy atom. The number of nitrogens with zero attached hydrogens (tertiary/aromatic N) is 3. The number of alkyl carbamates (subject to hydrolysis) is 1. The molecule has 0 aliphatic carbocycles. The number of ether oxygens (including phenoxy) is 1.